The quantitative estimate of drug-likeness (QED) is 0.163. The lowest BCUT2D eigenvalue weighted by Crippen LogP contribution is -1.97. The predicted octanol–water partition coefficient (Wildman–Crippen LogP) is 12.7. The second-order valence-corrected chi connectivity index (χ2v) is 13.5. The Balaban J connectivity index is 1.04. The van der Waals surface area contributed by atoms with Crippen LogP contribution in [0.25, 0.3) is 100.0 Å². The maximum Gasteiger partial charge on any atom is 0.160 e. The molecule has 0 amide bonds. The summed E-state index contributed by atoms with van der Waals surface area (Å²) in [5.41, 5.74) is 13.4. The van der Waals surface area contributed by atoms with Crippen molar-refractivity contribution in [3.63, 3.8) is 0 Å². The SMILES string of the molecule is c1ccc(-c2ccc(-c3cc(-c4ccc(-c5ccc(-c6ccc7ccc8cccnc8c7n6)cc5)c5ccccc45)nc(-c4ccccc4)n3)cc2)cc1. The van der Waals surface area contributed by atoms with Crippen molar-refractivity contribution >= 4 is 32.6 Å². The third-order valence-electron chi connectivity index (χ3n) is 10.2. The first kappa shape index (κ1) is 31.4. The van der Waals surface area contributed by atoms with Crippen LogP contribution in [0.15, 0.2) is 194 Å². The van der Waals surface area contributed by atoms with Gasteiger partial charge < -0.3 is 0 Å². The first-order chi connectivity index (χ1) is 26.7. The molecule has 4 heteroatoms. The smallest absolute Gasteiger partial charge is 0.160 e. The molecule has 3 heterocycles. The third-order valence-corrected chi connectivity index (χ3v) is 10.2. The predicted molar refractivity (Wildman–Crippen MR) is 223 cm³/mol. The minimum Gasteiger partial charge on any atom is -0.254 e. The summed E-state index contributed by atoms with van der Waals surface area (Å²) in [7, 11) is 0. The molecule has 0 radical (unpaired) electrons. The molecule has 252 valence electrons. The number of pyridine rings is 2. The fourth-order valence-corrected chi connectivity index (χ4v) is 7.39. The average molecular weight is 689 g/mol. The lowest BCUT2D eigenvalue weighted by Gasteiger charge is -2.14. The molecule has 0 bridgehead atoms. The Bertz CT molecular complexity index is 2960. The van der Waals surface area contributed by atoms with Gasteiger partial charge in [-0.15, -0.1) is 0 Å². The van der Waals surface area contributed by atoms with Crippen molar-refractivity contribution in [3.8, 4) is 67.4 Å². The molecule has 0 atom stereocenters. The number of benzene rings is 7. The summed E-state index contributed by atoms with van der Waals surface area (Å²) in [6.07, 6.45) is 1.83. The molecule has 0 saturated heterocycles. The lowest BCUT2D eigenvalue weighted by molar-refractivity contribution is 1.18. The van der Waals surface area contributed by atoms with E-state index in [1.807, 2.05) is 36.5 Å². The van der Waals surface area contributed by atoms with Crippen LogP contribution in [0.5, 0.6) is 0 Å². The van der Waals surface area contributed by atoms with Crippen LogP contribution in [-0.4, -0.2) is 19.9 Å². The molecule has 0 fully saturated rings. The third kappa shape index (κ3) is 5.76. The Hall–Kier alpha value is -7.30. The van der Waals surface area contributed by atoms with E-state index in [1.165, 1.54) is 11.1 Å². The first-order valence-corrected chi connectivity index (χ1v) is 18.1. The number of nitrogens with zero attached hydrogens (tertiary/aromatic N) is 4. The van der Waals surface area contributed by atoms with Crippen molar-refractivity contribution in [2.45, 2.75) is 0 Å². The molecule has 4 nitrogen and oxygen atoms in total. The van der Waals surface area contributed by atoms with Gasteiger partial charge in [-0.1, -0.05) is 170 Å². The van der Waals surface area contributed by atoms with E-state index in [9.17, 15) is 0 Å². The normalized spacial score (nSPS) is 11.3. The molecule has 0 saturated carbocycles. The summed E-state index contributed by atoms with van der Waals surface area (Å²) in [6, 6.07) is 65.7. The molecule has 0 N–H and O–H groups in total. The Morgan fingerprint density at radius 1 is 0.296 bits per heavy atom. The molecule has 0 aliphatic rings. The van der Waals surface area contributed by atoms with E-state index in [1.54, 1.807) is 0 Å². The molecule has 0 aliphatic carbocycles. The average Bonchev–Trinajstić information content (AvgIpc) is 3.26. The van der Waals surface area contributed by atoms with Gasteiger partial charge in [0.25, 0.3) is 0 Å². The van der Waals surface area contributed by atoms with E-state index in [0.717, 1.165) is 83.0 Å². The van der Waals surface area contributed by atoms with Crippen LogP contribution in [0.1, 0.15) is 0 Å². The van der Waals surface area contributed by atoms with Crippen molar-refractivity contribution in [2.24, 2.45) is 0 Å². The summed E-state index contributed by atoms with van der Waals surface area (Å²) >= 11 is 0. The number of hydrogen-bond donors (Lipinski definition) is 0. The van der Waals surface area contributed by atoms with Crippen LogP contribution in [0.4, 0.5) is 0 Å². The van der Waals surface area contributed by atoms with Gasteiger partial charge in [0, 0.05) is 39.2 Å². The van der Waals surface area contributed by atoms with Gasteiger partial charge in [0.2, 0.25) is 0 Å². The molecule has 54 heavy (non-hydrogen) atoms. The standard InChI is InChI=1S/C50H32N4/c1-3-10-33(11-4-1)34-17-21-37(22-18-34)46-32-47(54-50(53-46)40-12-5-2-6-13-40)44-29-28-41(42-15-7-8-16-43(42)44)35-19-23-36(24-20-35)45-30-27-39-26-25-38-14-9-31-51-48(38)49(39)52-45/h1-32H. The van der Waals surface area contributed by atoms with Crippen molar-refractivity contribution in [3.05, 3.63) is 194 Å². The first-order valence-electron chi connectivity index (χ1n) is 18.1. The molecular weight excluding hydrogens is 657 g/mol. The number of aromatic nitrogens is 4. The Morgan fingerprint density at radius 2 is 0.833 bits per heavy atom. The van der Waals surface area contributed by atoms with Gasteiger partial charge in [-0.05, 0) is 51.2 Å². The van der Waals surface area contributed by atoms with Crippen molar-refractivity contribution in [1.82, 2.24) is 19.9 Å². The van der Waals surface area contributed by atoms with Gasteiger partial charge in [0.05, 0.1) is 28.1 Å². The second kappa shape index (κ2) is 13.4. The zero-order valence-corrected chi connectivity index (χ0v) is 29.3. The molecule has 0 aliphatic heterocycles. The minimum atomic E-state index is 0.699. The minimum absolute atomic E-state index is 0.699. The van der Waals surface area contributed by atoms with Crippen molar-refractivity contribution in [2.75, 3.05) is 0 Å². The molecule has 0 unspecified atom stereocenters. The molecule has 7 aromatic carbocycles. The zero-order chi connectivity index (χ0) is 35.8. The fraction of sp³-hybridized carbons (Fsp3) is 0. The summed E-state index contributed by atoms with van der Waals surface area (Å²) in [6.45, 7) is 0. The van der Waals surface area contributed by atoms with Crippen LogP contribution in [0.3, 0.4) is 0 Å². The lowest BCUT2D eigenvalue weighted by atomic mass is 9.92. The Kier molecular flexibility index (Phi) is 7.77. The zero-order valence-electron chi connectivity index (χ0n) is 29.3. The maximum atomic E-state index is 5.18. The highest BCUT2D eigenvalue weighted by atomic mass is 14.9. The molecule has 10 rings (SSSR count). The van der Waals surface area contributed by atoms with Gasteiger partial charge in [-0.3, -0.25) is 4.98 Å². The van der Waals surface area contributed by atoms with Gasteiger partial charge >= 0.3 is 0 Å². The van der Waals surface area contributed by atoms with Crippen LogP contribution in [0.2, 0.25) is 0 Å². The summed E-state index contributed by atoms with van der Waals surface area (Å²) in [5.74, 6) is 0.699. The maximum absolute atomic E-state index is 5.18. The summed E-state index contributed by atoms with van der Waals surface area (Å²) in [4.78, 5) is 20.0. The Morgan fingerprint density at radius 3 is 1.57 bits per heavy atom. The number of fused-ring (bicyclic) bond motifs is 4. The molecular formula is C50H32N4. The summed E-state index contributed by atoms with van der Waals surface area (Å²) < 4.78 is 0. The highest BCUT2D eigenvalue weighted by Crippen LogP contribution is 2.38. The van der Waals surface area contributed by atoms with Crippen molar-refractivity contribution in [1.29, 1.82) is 0 Å². The number of hydrogen-bond acceptors (Lipinski definition) is 4. The Labute approximate surface area is 313 Å². The van der Waals surface area contributed by atoms with E-state index in [0.29, 0.717) is 5.82 Å². The van der Waals surface area contributed by atoms with Crippen LogP contribution >= 0.6 is 0 Å². The fourth-order valence-electron chi connectivity index (χ4n) is 7.39. The van der Waals surface area contributed by atoms with E-state index >= 15 is 0 Å². The van der Waals surface area contributed by atoms with E-state index in [-0.39, 0.29) is 0 Å². The topological polar surface area (TPSA) is 51.6 Å². The van der Waals surface area contributed by atoms with Gasteiger partial charge in [-0.2, -0.15) is 0 Å². The second-order valence-electron chi connectivity index (χ2n) is 13.5. The van der Waals surface area contributed by atoms with E-state index in [2.05, 4.69) is 163 Å². The number of rotatable bonds is 6. The highest BCUT2D eigenvalue weighted by molar-refractivity contribution is 6.05. The highest BCUT2D eigenvalue weighted by Gasteiger charge is 2.15. The van der Waals surface area contributed by atoms with Crippen LogP contribution < -0.4 is 0 Å². The molecule has 0 spiro atoms. The van der Waals surface area contributed by atoms with Crippen molar-refractivity contribution < 1.29 is 0 Å². The van der Waals surface area contributed by atoms with Gasteiger partial charge in [-0.25, -0.2) is 15.0 Å². The molecule has 3 aromatic heterocycles. The molecule has 10 aromatic rings. The van der Waals surface area contributed by atoms with Gasteiger partial charge in [0.1, 0.15) is 0 Å². The monoisotopic (exact) mass is 688 g/mol. The van der Waals surface area contributed by atoms with E-state index in [4.69, 9.17) is 15.0 Å². The van der Waals surface area contributed by atoms with Crippen LogP contribution in [-0.2, 0) is 0 Å². The summed E-state index contributed by atoms with van der Waals surface area (Å²) in [5, 5.41) is 4.48. The van der Waals surface area contributed by atoms with Crippen LogP contribution in [0, 0.1) is 0 Å². The largest absolute Gasteiger partial charge is 0.254 e. The van der Waals surface area contributed by atoms with E-state index < -0.39 is 0 Å². The van der Waals surface area contributed by atoms with Gasteiger partial charge in [0.15, 0.2) is 5.82 Å².